The molecule has 0 unspecified atom stereocenters. The van der Waals surface area contributed by atoms with Crippen molar-refractivity contribution in [2.24, 2.45) is 0 Å². The average molecular weight is 391 g/mol. The Bertz CT molecular complexity index is 1020. The standard InChI is InChI=1S/C23H21NO3S/c1-2-27-21-10-9-18-6-3-4-8-20(18)22(21)23(25)24(14-17-11-12-26-16-17)15-19-7-5-13-28-19/h3-13,16H,2,14-15H2,1H3. The minimum atomic E-state index is -0.0464. The monoisotopic (exact) mass is 391 g/mol. The molecule has 0 atom stereocenters. The Morgan fingerprint density at radius 2 is 1.96 bits per heavy atom. The predicted molar refractivity (Wildman–Crippen MR) is 112 cm³/mol. The van der Waals surface area contributed by atoms with Crippen molar-refractivity contribution < 1.29 is 13.9 Å². The molecule has 4 rings (SSSR count). The maximum atomic E-state index is 13.7. The second-order valence-electron chi connectivity index (χ2n) is 6.47. The smallest absolute Gasteiger partial charge is 0.258 e. The van der Waals surface area contributed by atoms with Crippen LogP contribution in [0.1, 0.15) is 27.7 Å². The zero-order valence-electron chi connectivity index (χ0n) is 15.6. The molecule has 0 radical (unpaired) electrons. The summed E-state index contributed by atoms with van der Waals surface area (Å²) < 4.78 is 11.0. The highest BCUT2D eigenvalue weighted by atomic mass is 32.1. The molecule has 28 heavy (non-hydrogen) atoms. The number of hydrogen-bond donors (Lipinski definition) is 0. The molecule has 0 bridgehead atoms. The van der Waals surface area contributed by atoms with Crippen molar-refractivity contribution in [3.63, 3.8) is 0 Å². The van der Waals surface area contributed by atoms with Crippen LogP contribution in [0, 0.1) is 0 Å². The van der Waals surface area contributed by atoms with Gasteiger partial charge in [-0.25, -0.2) is 0 Å². The third kappa shape index (κ3) is 3.80. The van der Waals surface area contributed by atoms with Crippen molar-refractivity contribution in [3.05, 3.63) is 88.5 Å². The van der Waals surface area contributed by atoms with Gasteiger partial charge < -0.3 is 14.1 Å². The lowest BCUT2D eigenvalue weighted by molar-refractivity contribution is 0.0729. The van der Waals surface area contributed by atoms with E-state index in [1.165, 1.54) is 0 Å². The highest BCUT2D eigenvalue weighted by Gasteiger charge is 2.23. The van der Waals surface area contributed by atoms with Gasteiger partial charge in [0.1, 0.15) is 5.75 Å². The topological polar surface area (TPSA) is 42.7 Å². The highest BCUT2D eigenvalue weighted by Crippen LogP contribution is 2.31. The number of carbonyl (C=O) groups is 1. The van der Waals surface area contributed by atoms with E-state index in [9.17, 15) is 4.79 Å². The minimum Gasteiger partial charge on any atom is -0.493 e. The summed E-state index contributed by atoms with van der Waals surface area (Å²) in [6.07, 6.45) is 3.31. The zero-order valence-corrected chi connectivity index (χ0v) is 16.4. The summed E-state index contributed by atoms with van der Waals surface area (Å²) in [7, 11) is 0. The molecule has 142 valence electrons. The normalized spacial score (nSPS) is 10.9. The Labute approximate surface area is 168 Å². The fourth-order valence-electron chi connectivity index (χ4n) is 3.30. The first-order valence-corrected chi connectivity index (χ1v) is 10.1. The third-order valence-electron chi connectivity index (χ3n) is 4.57. The van der Waals surface area contributed by atoms with Gasteiger partial charge in [0.15, 0.2) is 0 Å². The summed E-state index contributed by atoms with van der Waals surface area (Å²) >= 11 is 1.65. The Kier molecular flexibility index (Phi) is 5.44. The van der Waals surface area contributed by atoms with Crippen LogP contribution in [0.2, 0.25) is 0 Å². The first-order valence-electron chi connectivity index (χ1n) is 9.23. The maximum Gasteiger partial charge on any atom is 0.258 e. The van der Waals surface area contributed by atoms with Crippen LogP contribution < -0.4 is 4.74 Å². The third-order valence-corrected chi connectivity index (χ3v) is 5.43. The van der Waals surface area contributed by atoms with Gasteiger partial charge in [0.25, 0.3) is 5.91 Å². The van der Waals surface area contributed by atoms with Crippen molar-refractivity contribution in [3.8, 4) is 5.75 Å². The molecule has 2 aromatic carbocycles. The van der Waals surface area contributed by atoms with Crippen molar-refractivity contribution in [1.82, 2.24) is 4.90 Å². The molecule has 0 saturated heterocycles. The van der Waals surface area contributed by atoms with Crippen LogP contribution in [-0.2, 0) is 13.1 Å². The van der Waals surface area contributed by atoms with Gasteiger partial charge in [-0.3, -0.25) is 4.79 Å². The number of carbonyl (C=O) groups excluding carboxylic acids is 1. The molecule has 0 N–H and O–H groups in total. The van der Waals surface area contributed by atoms with E-state index in [4.69, 9.17) is 9.15 Å². The van der Waals surface area contributed by atoms with Crippen molar-refractivity contribution in [2.45, 2.75) is 20.0 Å². The SMILES string of the molecule is CCOc1ccc2ccccc2c1C(=O)N(Cc1ccoc1)Cc1cccs1. The van der Waals surface area contributed by atoms with Gasteiger partial charge in [0, 0.05) is 17.0 Å². The molecule has 4 aromatic rings. The Morgan fingerprint density at radius 3 is 2.71 bits per heavy atom. The second-order valence-corrected chi connectivity index (χ2v) is 7.50. The van der Waals surface area contributed by atoms with Gasteiger partial charge >= 0.3 is 0 Å². The summed E-state index contributed by atoms with van der Waals surface area (Å²) in [5.41, 5.74) is 1.57. The fourth-order valence-corrected chi connectivity index (χ4v) is 4.02. The molecular formula is C23H21NO3S. The quantitative estimate of drug-likeness (QED) is 0.404. The number of thiophene rings is 1. The average Bonchev–Trinajstić information content (AvgIpc) is 3.41. The van der Waals surface area contributed by atoms with Crippen LogP contribution in [0.4, 0.5) is 0 Å². The van der Waals surface area contributed by atoms with Crippen molar-refractivity contribution >= 4 is 28.0 Å². The van der Waals surface area contributed by atoms with Crippen molar-refractivity contribution in [1.29, 1.82) is 0 Å². The lowest BCUT2D eigenvalue weighted by atomic mass is 10.0. The van der Waals surface area contributed by atoms with E-state index in [1.54, 1.807) is 23.9 Å². The van der Waals surface area contributed by atoms with Gasteiger partial charge in [-0.05, 0) is 41.3 Å². The molecule has 0 saturated carbocycles. The van der Waals surface area contributed by atoms with Crippen molar-refractivity contribution in [2.75, 3.05) is 6.61 Å². The summed E-state index contributed by atoms with van der Waals surface area (Å²) in [4.78, 5) is 16.7. The number of nitrogens with zero attached hydrogens (tertiary/aromatic N) is 1. The molecule has 0 fully saturated rings. The van der Waals surface area contributed by atoms with Crippen LogP contribution in [0.15, 0.2) is 76.9 Å². The molecule has 5 heteroatoms. The number of ether oxygens (including phenoxy) is 1. The fraction of sp³-hybridized carbons (Fsp3) is 0.174. The van der Waals surface area contributed by atoms with E-state index in [0.29, 0.717) is 31.0 Å². The van der Waals surface area contributed by atoms with E-state index in [0.717, 1.165) is 21.2 Å². The van der Waals surface area contributed by atoms with Gasteiger partial charge in [0.05, 0.1) is 31.2 Å². The Hall–Kier alpha value is -3.05. The number of amides is 1. The number of fused-ring (bicyclic) bond motifs is 1. The molecule has 2 aromatic heterocycles. The van der Waals surface area contributed by atoms with E-state index in [-0.39, 0.29) is 5.91 Å². The van der Waals surface area contributed by atoms with Gasteiger partial charge in [-0.1, -0.05) is 36.4 Å². The highest BCUT2D eigenvalue weighted by molar-refractivity contribution is 7.09. The van der Waals surface area contributed by atoms with Crippen LogP contribution in [0.25, 0.3) is 10.8 Å². The lowest BCUT2D eigenvalue weighted by Crippen LogP contribution is -2.30. The number of furan rings is 1. The van der Waals surface area contributed by atoms with Crippen LogP contribution in [0.3, 0.4) is 0 Å². The summed E-state index contributed by atoms with van der Waals surface area (Å²) in [5.74, 6) is 0.574. The molecular weight excluding hydrogens is 370 g/mol. The summed E-state index contributed by atoms with van der Waals surface area (Å²) in [6, 6.07) is 17.8. The van der Waals surface area contributed by atoms with E-state index >= 15 is 0 Å². The Balaban J connectivity index is 1.78. The van der Waals surface area contributed by atoms with E-state index in [2.05, 4.69) is 0 Å². The first-order chi connectivity index (χ1) is 13.8. The number of rotatable bonds is 7. The van der Waals surface area contributed by atoms with Gasteiger partial charge in [-0.2, -0.15) is 0 Å². The molecule has 2 heterocycles. The number of benzene rings is 2. The summed E-state index contributed by atoms with van der Waals surface area (Å²) in [6.45, 7) is 3.45. The Morgan fingerprint density at radius 1 is 1.07 bits per heavy atom. The lowest BCUT2D eigenvalue weighted by Gasteiger charge is -2.24. The maximum absolute atomic E-state index is 13.7. The molecule has 0 aliphatic carbocycles. The molecule has 0 aliphatic heterocycles. The largest absolute Gasteiger partial charge is 0.493 e. The molecule has 1 amide bonds. The van der Waals surface area contributed by atoms with Crippen LogP contribution in [-0.4, -0.2) is 17.4 Å². The van der Waals surface area contributed by atoms with Crippen LogP contribution >= 0.6 is 11.3 Å². The predicted octanol–water partition coefficient (Wildman–Crippen LogP) is 5.74. The number of hydrogen-bond acceptors (Lipinski definition) is 4. The second kappa shape index (κ2) is 8.31. The van der Waals surface area contributed by atoms with E-state index in [1.807, 2.05) is 71.8 Å². The van der Waals surface area contributed by atoms with Gasteiger partial charge in [0.2, 0.25) is 0 Å². The summed E-state index contributed by atoms with van der Waals surface area (Å²) in [5, 5.41) is 3.95. The molecule has 0 spiro atoms. The van der Waals surface area contributed by atoms with E-state index < -0.39 is 0 Å². The van der Waals surface area contributed by atoms with Gasteiger partial charge in [-0.15, -0.1) is 11.3 Å². The first kappa shape index (κ1) is 18.3. The van der Waals surface area contributed by atoms with Crippen LogP contribution in [0.5, 0.6) is 5.75 Å². The molecule has 4 nitrogen and oxygen atoms in total. The minimum absolute atomic E-state index is 0.0464. The zero-order chi connectivity index (χ0) is 19.3. The molecule has 0 aliphatic rings.